The summed E-state index contributed by atoms with van der Waals surface area (Å²) in [5, 5.41) is 17.7. The van der Waals surface area contributed by atoms with E-state index in [1.54, 1.807) is 0 Å². The Morgan fingerprint density at radius 1 is 1.43 bits per heavy atom. The van der Waals surface area contributed by atoms with Crippen LogP contribution in [0.3, 0.4) is 0 Å². The number of benzene rings is 1. The Morgan fingerprint density at radius 3 is 2.64 bits per heavy atom. The van der Waals surface area contributed by atoms with Gasteiger partial charge in [-0.2, -0.15) is 0 Å². The summed E-state index contributed by atoms with van der Waals surface area (Å²) in [5.74, 6) is 6.17. The second-order valence-electron chi connectivity index (χ2n) is 2.58. The van der Waals surface area contributed by atoms with Gasteiger partial charge < -0.3 is 5.11 Å². The number of aliphatic hydroxyl groups excluding tert-OH is 1. The Labute approximate surface area is 87.2 Å². The molecule has 0 unspecified atom stereocenters. The molecule has 0 saturated carbocycles. The highest BCUT2D eigenvalue weighted by Crippen LogP contribution is 2.14. The van der Waals surface area contributed by atoms with Crippen molar-refractivity contribution in [1.82, 2.24) is 0 Å². The third-order valence-corrected chi connectivity index (χ3v) is 2.44. The maximum absolute atomic E-state index is 8.59. The lowest BCUT2D eigenvalue weighted by molar-refractivity contribution is 0.323. The summed E-state index contributed by atoms with van der Waals surface area (Å²) >= 11 is 1.21. The first-order valence-electron chi connectivity index (χ1n) is 4.18. The van der Waals surface area contributed by atoms with Gasteiger partial charge in [0.15, 0.2) is 5.17 Å². The standard InChI is InChI=1S/C9H13N3OS/c10-9(14-7-6-13)12(11)8-4-2-1-3-5-8/h1-5,10,13H,6-7,11H2. The predicted molar refractivity (Wildman–Crippen MR) is 60.4 cm³/mol. The fourth-order valence-corrected chi connectivity index (χ4v) is 1.45. The van der Waals surface area contributed by atoms with Crippen molar-refractivity contribution in [3.63, 3.8) is 0 Å². The van der Waals surface area contributed by atoms with E-state index in [4.69, 9.17) is 16.4 Å². The topological polar surface area (TPSA) is 73.3 Å². The largest absolute Gasteiger partial charge is 0.396 e. The van der Waals surface area contributed by atoms with Crippen molar-refractivity contribution in [2.75, 3.05) is 17.4 Å². The zero-order chi connectivity index (χ0) is 10.4. The number of nitrogens with one attached hydrogen (secondary N) is 1. The highest BCUT2D eigenvalue weighted by Gasteiger charge is 2.06. The van der Waals surface area contributed by atoms with E-state index in [1.165, 1.54) is 16.8 Å². The van der Waals surface area contributed by atoms with Crippen LogP contribution in [-0.4, -0.2) is 22.6 Å². The number of nitrogens with two attached hydrogens (primary N) is 1. The number of thioether (sulfide) groups is 1. The molecule has 1 aromatic rings. The van der Waals surface area contributed by atoms with E-state index >= 15 is 0 Å². The van der Waals surface area contributed by atoms with E-state index < -0.39 is 0 Å². The molecule has 4 nitrogen and oxygen atoms in total. The number of anilines is 1. The monoisotopic (exact) mass is 211 g/mol. The molecule has 4 N–H and O–H groups in total. The van der Waals surface area contributed by atoms with Gasteiger partial charge in [-0.3, -0.25) is 10.4 Å². The Bertz CT molecular complexity index is 291. The summed E-state index contributed by atoms with van der Waals surface area (Å²) in [6.45, 7) is 0.0513. The van der Waals surface area contributed by atoms with Gasteiger partial charge >= 0.3 is 0 Å². The van der Waals surface area contributed by atoms with Gasteiger partial charge in [0.1, 0.15) is 0 Å². The molecule has 1 rings (SSSR count). The van der Waals surface area contributed by atoms with Crippen molar-refractivity contribution in [3.8, 4) is 0 Å². The minimum absolute atomic E-state index is 0.0513. The number of aliphatic hydroxyl groups is 1. The molecule has 0 aliphatic carbocycles. The van der Waals surface area contributed by atoms with E-state index in [2.05, 4.69) is 0 Å². The summed E-state index contributed by atoms with van der Waals surface area (Å²) in [7, 11) is 0. The number of nitrogens with zero attached hydrogens (tertiary/aromatic N) is 1. The summed E-state index contributed by atoms with van der Waals surface area (Å²) in [6.07, 6.45) is 0. The smallest absolute Gasteiger partial charge is 0.175 e. The third kappa shape index (κ3) is 3.02. The number of hydrogen-bond donors (Lipinski definition) is 3. The molecule has 0 aliphatic rings. The summed E-state index contributed by atoms with van der Waals surface area (Å²) < 4.78 is 0. The molecule has 1 aromatic carbocycles. The van der Waals surface area contributed by atoms with Crippen molar-refractivity contribution in [2.45, 2.75) is 0 Å². The summed E-state index contributed by atoms with van der Waals surface area (Å²) in [5.41, 5.74) is 0.767. The van der Waals surface area contributed by atoms with Crippen LogP contribution in [-0.2, 0) is 0 Å². The number of rotatable bonds is 3. The van der Waals surface area contributed by atoms with Gasteiger partial charge in [-0.15, -0.1) is 0 Å². The molecule has 0 amide bonds. The molecule has 0 aliphatic heterocycles. The number of amidine groups is 1. The van der Waals surface area contributed by atoms with Crippen molar-refractivity contribution >= 4 is 22.6 Å². The SMILES string of the molecule is N=C(SCCO)N(N)c1ccccc1. The van der Waals surface area contributed by atoms with Crippen LogP contribution in [0.2, 0.25) is 0 Å². The highest BCUT2D eigenvalue weighted by molar-refractivity contribution is 8.14. The fraction of sp³-hybridized carbons (Fsp3) is 0.222. The van der Waals surface area contributed by atoms with E-state index in [0.29, 0.717) is 5.75 Å². The third-order valence-electron chi connectivity index (χ3n) is 1.58. The van der Waals surface area contributed by atoms with Crippen molar-refractivity contribution in [2.24, 2.45) is 5.84 Å². The first kappa shape index (κ1) is 11.0. The Hall–Kier alpha value is -1.04. The van der Waals surface area contributed by atoms with E-state index in [9.17, 15) is 0 Å². The second-order valence-corrected chi connectivity index (χ2v) is 3.67. The highest BCUT2D eigenvalue weighted by atomic mass is 32.2. The average Bonchev–Trinajstić information content (AvgIpc) is 2.26. The van der Waals surface area contributed by atoms with Gasteiger partial charge in [0.2, 0.25) is 0 Å². The molecular weight excluding hydrogens is 198 g/mol. The molecule has 0 atom stereocenters. The van der Waals surface area contributed by atoms with Crippen LogP contribution in [0.1, 0.15) is 0 Å². The van der Waals surface area contributed by atoms with Gasteiger partial charge in [-0.25, -0.2) is 5.84 Å². The van der Waals surface area contributed by atoms with Crippen LogP contribution < -0.4 is 10.9 Å². The lowest BCUT2D eigenvalue weighted by atomic mass is 10.3. The van der Waals surface area contributed by atoms with Crippen LogP contribution in [0.15, 0.2) is 30.3 Å². The second kappa shape index (κ2) is 5.64. The van der Waals surface area contributed by atoms with Crippen LogP contribution in [0.5, 0.6) is 0 Å². The molecule has 0 radical (unpaired) electrons. The van der Waals surface area contributed by atoms with Gasteiger partial charge in [0, 0.05) is 5.75 Å². The first-order chi connectivity index (χ1) is 6.75. The fourth-order valence-electron chi connectivity index (χ4n) is 0.918. The van der Waals surface area contributed by atoms with E-state index in [-0.39, 0.29) is 11.8 Å². The Morgan fingerprint density at radius 2 is 2.07 bits per heavy atom. The van der Waals surface area contributed by atoms with E-state index in [1.807, 2.05) is 30.3 Å². The average molecular weight is 211 g/mol. The molecule has 0 heterocycles. The maximum atomic E-state index is 8.59. The number of hydrogen-bond acceptors (Lipinski definition) is 4. The lowest BCUT2D eigenvalue weighted by Gasteiger charge is -2.18. The molecule has 0 fully saturated rings. The minimum atomic E-state index is 0.0513. The minimum Gasteiger partial charge on any atom is -0.396 e. The van der Waals surface area contributed by atoms with Gasteiger partial charge in [0.25, 0.3) is 0 Å². The zero-order valence-electron chi connectivity index (χ0n) is 7.68. The first-order valence-corrected chi connectivity index (χ1v) is 5.16. The maximum Gasteiger partial charge on any atom is 0.175 e. The van der Waals surface area contributed by atoms with Crippen LogP contribution in [0.25, 0.3) is 0 Å². The van der Waals surface area contributed by atoms with Crippen molar-refractivity contribution in [1.29, 1.82) is 5.41 Å². The normalized spacial score (nSPS) is 9.86. The number of para-hydroxylation sites is 1. The van der Waals surface area contributed by atoms with Crippen LogP contribution in [0.4, 0.5) is 5.69 Å². The molecule has 0 aromatic heterocycles. The zero-order valence-corrected chi connectivity index (χ0v) is 8.50. The molecule has 5 heteroatoms. The Balaban J connectivity index is 2.57. The van der Waals surface area contributed by atoms with Crippen LogP contribution in [0, 0.1) is 5.41 Å². The quantitative estimate of drug-likeness (QED) is 0.302. The molecule has 0 spiro atoms. The molecule has 0 bridgehead atoms. The summed E-state index contributed by atoms with van der Waals surface area (Å²) in [6, 6.07) is 9.27. The van der Waals surface area contributed by atoms with Crippen molar-refractivity contribution < 1.29 is 5.11 Å². The van der Waals surface area contributed by atoms with E-state index in [0.717, 1.165) is 5.69 Å². The van der Waals surface area contributed by atoms with Crippen molar-refractivity contribution in [3.05, 3.63) is 30.3 Å². The van der Waals surface area contributed by atoms with Gasteiger partial charge in [-0.05, 0) is 12.1 Å². The predicted octanol–water partition coefficient (Wildman–Crippen LogP) is 1.03. The summed E-state index contributed by atoms with van der Waals surface area (Å²) in [4.78, 5) is 0. The molecule has 0 saturated heterocycles. The molecule has 76 valence electrons. The Kier molecular flexibility index (Phi) is 4.45. The van der Waals surface area contributed by atoms with Gasteiger partial charge in [0.05, 0.1) is 12.3 Å². The molecular formula is C9H13N3OS. The molecule has 14 heavy (non-hydrogen) atoms. The number of hydrazine groups is 1. The van der Waals surface area contributed by atoms with Gasteiger partial charge in [-0.1, -0.05) is 30.0 Å². The lowest BCUT2D eigenvalue weighted by Crippen LogP contribution is -2.35. The van der Waals surface area contributed by atoms with Crippen LogP contribution >= 0.6 is 11.8 Å².